The van der Waals surface area contributed by atoms with Crippen LogP contribution in [0.4, 0.5) is 4.39 Å². The second-order valence-corrected chi connectivity index (χ2v) is 10.5. The van der Waals surface area contributed by atoms with Crippen molar-refractivity contribution in [1.29, 1.82) is 0 Å². The van der Waals surface area contributed by atoms with Gasteiger partial charge in [0.15, 0.2) is 20.8 Å². The van der Waals surface area contributed by atoms with Gasteiger partial charge in [-0.1, -0.05) is 30.0 Å². The largest absolute Gasteiger partial charge is 0.341 e. The molecule has 0 radical (unpaired) electrons. The maximum Gasteiger partial charge on any atom is 0.233 e. The Labute approximate surface area is 184 Å². The number of nitrogens with zero attached hydrogens (tertiary/aromatic N) is 4. The first kappa shape index (κ1) is 21.5. The highest BCUT2D eigenvalue weighted by atomic mass is 32.2. The first-order valence-corrected chi connectivity index (χ1v) is 12.5. The zero-order valence-electron chi connectivity index (χ0n) is 16.8. The van der Waals surface area contributed by atoms with Crippen LogP contribution < -0.4 is 0 Å². The third kappa shape index (κ3) is 4.80. The molecule has 1 aliphatic heterocycles. The summed E-state index contributed by atoms with van der Waals surface area (Å²) in [6, 6.07) is 15.2. The molecule has 10 heteroatoms. The molecule has 3 aromatic rings. The zero-order valence-corrected chi connectivity index (χ0v) is 18.4. The molecule has 1 fully saturated rings. The molecule has 1 aliphatic rings. The van der Waals surface area contributed by atoms with Crippen molar-refractivity contribution in [3.05, 3.63) is 60.4 Å². The van der Waals surface area contributed by atoms with Crippen molar-refractivity contribution < 1.29 is 17.6 Å². The Morgan fingerprint density at radius 3 is 2.52 bits per heavy atom. The van der Waals surface area contributed by atoms with Gasteiger partial charge in [0.2, 0.25) is 5.91 Å². The molecule has 0 N–H and O–H groups in total. The quantitative estimate of drug-likeness (QED) is 0.526. The van der Waals surface area contributed by atoms with Crippen LogP contribution in [0, 0.1) is 5.82 Å². The lowest BCUT2D eigenvalue weighted by Gasteiger charge is -2.23. The van der Waals surface area contributed by atoms with Crippen LogP contribution in [0.15, 0.2) is 59.8 Å². The van der Waals surface area contributed by atoms with Gasteiger partial charge in [-0.05, 0) is 42.8 Å². The summed E-state index contributed by atoms with van der Waals surface area (Å²) in [6.45, 7) is 0. The lowest BCUT2D eigenvalue weighted by Crippen LogP contribution is -2.38. The minimum Gasteiger partial charge on any atom is -0.341 e. The van der Waals surface area contributed by atoms with E-state index < -0.39 is 9.84 Å². The minimum atomic E-state index is -3.07. The Kier molecular flexibility index (Phi) is 6.10. The molecule has 31 heavy (non-hydrogen) atoms. The highest BCUT2D eigenvalue weighted by Gasteiger charge is 2.32. The standard InChI is InChI=1S/C21H21FN4O3S2/c1-25(18-11-12-31(28,29)14-18)19(27)13-30-21-24-23-20(15-7-9-16(22)10-8-15)26(21)17-5-3-2-4-6-17/h2-10,18H,11-14H2,1H3/t18-/m0/s1. The molecular formula is C21H21FN4O3S2. The molecule has 2 heterocycles. The summed E-state index contributed by atoms with van der Waals surface area (Å²) in [6.07, 6.45) is 0.462. The molecule has 0 unspecified atom stereocenters. The van der Waals surface area contributed by atoms with E-state index in [1.807, 2.05) is 34.9 Å². The minimum absolute atomic E-state index is 0.00875. The summed E-state index contributed by atoms with van der Waals surface area (Å²) >= 11 is 1.23. The monoisotopic (exact) mass is 460 g/mol. The summed E-state index contributed by atoms with van der Waals surface area (Å²) in [5, 5.41) is 9.06. The number of rotatable bonds is 6. The van der Waals surface area contributed by atoms with Crippen LogP contribution >= 0.6 is 11.8 Å². The number of hydrogen-bond acceptors (Lipinski definition) is 6. The summed E-state index contributed by atoms with van der Waals surface area (Å²) in [4.78, 5) is 14.2. The predicted molar refractivity (Wildman–Crippen MR) is 117 cm³/mol. The zero-order chi connectivity index (χ0) is 22.0. The third-order valence-corrected chi connectivity index (χ3v) is 7.89. The Morgan fingerprint density at radius 2 is 1.87 bits per heavy atom. The van der Waals surface area contributed by atoms with Crippen molar-refractivity contribution in [2.24, 2.45) is 0 Å². The molecule has 1 aromatic heterocycles. The van der Waals surface area contributed by atoms with Crippen molar-refractivity contribution in [3.63, 3.8) is 0 Å². The first-order chi connectivity index (χ1) is 14.8. The maximum atomic E-state index is 13.4. The summed E-state index contributed by atoms with van der Waals surface area (Å²) in [5.74, 6) is 0.253. The van der Waals surface area contributed by atoms with Crippen LogP contribution in [0.3, 0.4) is 0 Å². The Hall–Kier alpha value is -2.72. The van der Waals surface area contributed by atoms with Crippen LogP contribution in [0.25, 0.3) is 17.1 Å². The number of carbonyl (C=O) groups excluding carboxylic acids is 1. The average Bonchev–Trinajstić information content (AvgIpc) is 3.35. The Morgan fingerprint density at radius 1 is 1.16 bits per heavy atom. The number of aromatic nitrogens is 3. The number of carbonyl (C=O) groups is 1. The molecule has 0 aliphatic carbocycles. The Balaban J connectivity index is 1.57. The van der Waals surface area contributed by atoms with Crippen LogP contribution in [-0.2, 0) is 14.6 Å². The van der Waals surface area contributed by atoms with Gasteiger partial charge in [-0.2, -0.15) is 0 Å². The van der Waals surface area contributed by atoms with Gasteiger partial charge in [0.1, 0.15) is 5.82 Å². The van der Waals surface area contributed by atoms with Gasteiger partial charge >= 0.3 is 0 Å². The van der Waals surface area contributed by atoms with E-state index in [2.05, 4.69) is 10.2 Å². The van der Waals surface area contributed by atoms with E-state index in [4.69, 9.17) is 0 Å². The summed E-state index contributed by atoms with van der Waals surface area (Å²) in [5.41, 5.74) is 1.52. The molecule has 0 spiro atoms. The van der Waals surface area contributed by atoms with Crippen LogP contribution in [-0.4, -0.2) is 64.3 Å². The normalized spacial score (nSPS) is 17.5. The van der Waals surface area contributed by atoms with Crippen LogP contribution in [0.1, 0.15) is 6.42 Å². The fraction of sp³-hybridized carbons (Fsp3) is 0.286. The first-order valence-electron chi connectivity index (χ1n) is 9.70. The number of hydrogen-bond donors (Lipinski definition) is 0. The number of sulfone groups is 1. The molecule has 1 atom stereocenters. The van der Waals surface area contributed by atoms with Gasteiger partial charge in [0.25, 0.3) is 0 Å². The van der Waals surface area contributed by atoms with Gasteiger partial charge in [-0.15, -0.1) is 10.2 Å². The predicted octanol–water partition coefficient (Wildman–Crippen LogP) is 2.81. The SMILES string of the molecule is CN(C(=O)CSc1nnc(-c2ccc(F)cc2)n1-c1ccccc1)[C@H]1CCS(=O)(=O)C1. The van der Waals surface area contributed by atoms with E-state index in [0.29, 0.717) is 23.0 Å². The topological polar surface area (TPSA) is 85.2 Å². The van der Waals surface area contributed by atoms with Crippen molar-refractivity contribution in [2.45, 2.75) is 17.6 Å². The lowest BCUT2D eigenvalue weighted by molar-refractivity contribution is -0.128. The molecule has 1 amide bonds. The molecule has 0 saturated carbocycles. The molecule has 4 rings (SSSR count). The van der Waals surface area contributed by atoms with Crippen molar-refractivity contribution in [2.75, 3.05) is 24.3 Å². The van der Waals surface area contributed by atoms with Gasteiger partial charge in [0, 0.05) is 24.3 Å². The Bertz CT molecular complexity index is 1180. The van der Waals surface area contributed by atoms with E-state index in [0.717, 1.165) is 5.69 Å². The molecule has 1 saturated heterocycles. The number of thioether (sulfide) groups is 1. The fourth-order valence-electron chi connectivity index (χ4n) is 3.47. The maximum absolute atomic E-state index is 13.4. The molecule has 162 valence electrons. The van der Waals surface area contributed by atoms with E-state index >= 15 is 0 Å². The smallest absolute Gasteiger partial charge is 0.233 e. The van der Waals surface area contributed by atoms with Gasteiger partial charge in [-0.25, -0.2) is 12.8 Å². The molecule has 7 nitrogen and oxygen atoms in total. The molecular weight excluding hydrogens is 439 g/mol. The molecule has 0 bridgehead atoms. The van der Waals surface area contributed by atoms with Gasteiger partial charge in [0.05, 0.1) is 17.3 Å². The van der Waals surface area contributed by atoms with E-state index in [-0.39, 0.29) is 35.0 Å². The third-order valence-electron chi connectivity index (χ3n) is 5.22. The van der Waals surface area contributed by atoms with E-state index in [1.165, 1.54) is 28.8 Å². The number of para-hydroxylation sites is 1. The summed E-state index contributed by atoms with van der Waals surface area (Å²) < 4.78 is 38.6. The fourth-order valence-corrected chi connectivity index (χ4v) is 6.12. The second-order valence-electron chi connectivity index (χ2n) is 7.33. The van der Waals surface area contributed by atoms with Crippen molar-refractivity contribution >= 4 is 27.5 Å². The number of benzene rings is 2. The highest BCUT2D eigenvalue weighted by Crippen LogP contribution is 2.28. The van der Waals surface area contributed by atoms with Crippen LogP contribution in [0.2, 0.25) is 0 Å². The molecule has 2 aromatic carbocycles. The van der Waals surface area contributed by atoms with Gasteiger partial charge < -0.3 is 4.90 Å². The highest BCUT2D eigenvalue weighted by molar-refractivity contribution is 7.99. The van der Waals surface area contributed by atoms with Gasteiger partial charge in [-0.3, -0.25) is 9.36 Å². The van der Waals surface area contributed by atoms with Crippen LogP contribution in [0.5, 0.6) is 0 Å². The number of amides is 1. The number of halogens is 1. The van der Waals surface area contributed by atoms with E-state index in [9.17, 15) is 17.6 Å². The average molecular weight is 461 g/mol. The summed E-state index contributed by atoms with van der Waals surface area (Å²) in [7, 11) is -1.43. The second kappa shape index (κ2) is 8.80. The van der Waals surface area contributed by atoms with E-state index in [1.54, 1.807) is 19.2 Å². The van der Waals surface area contributed by atoms with Crippen molar-refractivity contribution in [3.8, 4) is 17.1 Å². The lowest BCUT2D eigenvalue weighted by atomic mass is 10.2. The van der Waals surface area contributed by atoms with Crippen molar-refractivity contribution in [1.82, 2.24) is 19.7 Å².